The van der Waals surface area contributed by atoms with E-state index in [2.05, 4.69) is 10.6 Å². The lowest BCUT2D eigenvalue weighted by Crippen LogP contribution is -2.34. The Balaban J connectivity index is 2.23. The number of fused-ring (bicyclic) bond motifs is 1. The minimum Gasteiger partial charge on any atom is -0.365 e. The van der Waals surface area contributed by atoms with E-state index in [0.29, 0.717) is 10.6 Å². The van der Waals surface area contributed by atoms with E-state index < -0.39 is 5.91 Å². The number of hydrogen-bond acceptors (Lipinski definition) is 3. The molecule has 1 aliphatic carbocycles. The third kappa shape index (κ3) is 2.48. The Bertz CT molecular complexity index is 494. The van der Waals surface area contributed by atoms with E-state index in [1.165, 1.54) is 16.2 Å². The SMILES string of the molecule is CC(C)NC(=O)Nc1sc2c(c1C(N)=O)CCC2. The quantitative estimate of drug-likeness (QED) is 0.781. The molecule has 0 aliphatic heterocycles. The van der Waals surface area contributed by atoms with Gasteiger partial charge in [-0.05, 0) is 38.7 Å². The molecule has 1 aromatic rings. The van der Waals surface area contributed by atoms with Crippen LogP contribution in [0.5, 0.6) is 0 Å². The first-order valence-electron chi connectivity index (χ1n) is 6.01. The number of primary amides is 1. The molecule has 0 bridgehead atoms. The number of hydrogen-bond donors (Lipinski definition) is 3. The number of carbonyl (C=O) groups excluding carboxylic acids is 2. The largest absolute Gasteiger partial charge is 0.365 e. The number of carbonyl (C=O) groups is 2. The van der Waals surface area contributed by atoms with E-state index >= 15 is 0 Å². The number of rotatable bonds is 3. The van der Waals surface area contributed by atoms with Crippen molar-refractivity contribution in [2.45, 2.75) is 39.2 Å². The van der Waals surface area contributed by atoms with Gasteiger partial charge in [-0.2, -0.15) is 0 Å². The zero-order valence-electron chi connectivity index (χ0n) is 10.5. The van der Waals surface area contributed by atoms with Gasteiger partial charge in [-0.3, -0.25) is 10.1 Å². The van der Waals surface area contributed by atoms with Gasteiger partial charge in [0.05, 0.1) is 5.56 Å². The molecule has 1 aromatic heterocycles. The van der Waals surface area contributed by atoms with E-state index in [1.807, 2.05) is 13.8 Å². The van der Waals surface area contributed by atoms with E-state index in [4.69, 9.17) is 5.73 Å². The standard InChI is InChI=1S/C12H17N3O2S/c1-6(2)14-12(17)15-11-9(10(13)16)7-4-3-5-8(7)18-11/h6H,3-5H2,1-2H3,(H2,13,16)(H2,14,15,17). The number of anilines is 1. The van der Waals surface area contributed by atoms with Crippen LogP contribution in [0.15, 0.2) is 0 Å². The second-order valence-corrected chi connectivity index (χ2v) is 5.78. The summed E-state index contributed by atoms with van der Waals surface area (Å²) < 4.78 is 0. The van der Waals surface area contributed by atoms with E-state index in [-0.39, 0.29) is 12.1 Å². The van der Waals surface area contributed by atoms with Crippen molar-refractivity contribution in [3.05, 3.63) is 16.0 Å². The number of nitrogens with two attached hydrogens (primary N) is 1. The van der Waals surface area contributed by atoms with Crippen molar-refractivity contribution in [2.75, 3.05) is 5.32 Å². The highest BCUT2D eigenvalue weighted by atomic mass is 32.1. The molecule has 1 heterocycles. The summed E-state index contributed by atoms with van der Waals surface area (Å²) in [6.07, 6.45) is 2.89. The van der Waals surface area contributed by atoms with Gasteiger partial charge in [-0.25, -0.2) is 4.79 Å². The molecule has 5 nitrogen and oxygen atoms in total. The van der Waals surface area contributed by atoms with Crippen molar-refractivity contribution in [2.24, 2.45) is 5.73 Å². The average Bonchev–Trinajstić information content (AvgIpc) is 2.74. The van der Waals surface area contributed by atoms with Crippen LogP contribution in [-0.2, 0) is 12.8 Å². The Morgan fingerprint density at radius 3 is 2.67 bits per heavy atom. The Morgan fingerprint density at radius 2 is 2.06 bits per heavy atom. The molecule has 0 radical (unpaired) electrons. The maximum Gasteiger partial charge on any atom is 0.320 e. The first-order valence-corrected chi connectivity index (χ1v) is 6.82. The van der Waals surface area contributed by atoms with Crippen LogP contribution in [0, 0.1) is 0 Å². The first kappa shape index (κ1) is 12.9. The maximum atomic E-state index is 11.7. The summed E-state index contributed by atoms with van der Waals surface area (Å²) in [5.74, 6) is -0.464. The highest BCUT2D eigenvalue weighted by molar-refractivity contribution is 7.17. The van der Waals surface area contributed by atoms with Crippen molar-refractivity contribution in [3.63, 3.8) is 0 Å². The summed E-state index contributed by atoms with van der Waals surface area (Å²) in [4.78, 5) is 24.3. The third-order valence-electron chi connectivity index (χ3n) is 2.81. The summed E-state index contributed by atoms with van der Waals surface area (Å²) >= 11 is 1.46. The molecule has 1 aliphatic rings. The van der Waals surface area contributed by atoms with Crippen LogP contribution in [0.2, 0.25) is 0 Å². The molecule has 0 unspecified atom stereocenters. The minimum absolute atomic E-state index is 0.0498. The van der Waals surface area contributed by atoms with Gasteiger partial charge in [-0.15, -0.1) is 11.3 Å². The normalized spacial score (nSPS) is 13.5. The molecule has 0 saturated heterocycles. The average molecular weight is 267 g/mol. The molecule has 3 amide bonds. The van der Waals surface area contributed by atoms with Crippen LogP contribution in [0.3, 0.4) is 0 Å². The predicted octanol–water partition coefficient (Wildman–Crippen LogP) is 1.87. The number of amides is 3. The van der Waals surface area contributed by atoms with Crippen LogP contribution in [0.4, 0.5) is 9.80 Å². The van der Waals surface area contributed by atoms with Gasteiger partial charge in [0, 0.05) is 10.9 Å². The molecule has 0 atom stereocenters. The lowest BCUT2D eigenvalue weighted by Gasteiger charge is -2.10. The first-order chi connectivity index (χ1) is 8.49. The van der Waals surface area contributed by atoms with Gasteiger partial charge in [0.15, 0.2) is 0 Å². The number of urea groups is 1. The molecule has 0 spiro atoms. The van der Waals surface area contributed by atoms with Crippen LogP contribution in [-0.4, -0.2) is 18.0 Å². The Labute approximate surface area is 110 Å². The van der Waals surface area contributed by atoms with Crippen molar-refractivity contribution in [1.82, 2.24) is 5.32 Å². The fourth-order valence-electron chi connectivity index (χ4n) is 2.15. The van der Waals surface area contributed by atoms with Gasteiger partial charge in [0.25, 0.3) is 5.91 Å². The van der Waals surface area contributed by atoms with E-state index in [1.54, 1.807) is 0 Å². The fourth-order valence-corrected chi connectivity index (χ4v) is 3.44. The molecule has 2 rings (SSSR count). The van der Waals surface area contributed by atoms with Gasteiger partial charge in [-0.1, -0.05) is 0 Å². The third-order valence-corrected chi connectivity index (χ3v) is 4.02. The fraction of sp³-hybridized carbons (Fsp3) is 0.500. The molecule has 0 fully saturated rings. The van der Waals surface area contributed by atoms with Crippen LogP contribution >= 0.6 is 11.3 Å². The summed E-state index contributed by atoms with van der Waals surface area (Å²) in [6.45, 7) is 3.76. The topological polar surface area (TPSA) is 84.2 Å². The van der Waals surface area contributed by atoms with Gasteiger partial charge in [0.2, 0.25) is 0 Å². The summed E-state index contributed by atoms with van der Waals surface area (Å²) in [5, 5.41) is 6.02. The summed E-state index contributed by atoms with van der Waals surface area (Å²) in [7, 11) is 0. The van der Waals surface area contributed by atoms with Gasteiger partial charge < -0.3 is 11.1 Å². The Kier molecular flexibility index (Phi) is 3.56. The maximum absolute atomic E-state index is 11.7. The van der Waals surface area contributed by atoms with Crippen LogP contribution in [0.1, 0.15) is 41.1 Å². The molecule has 6 heteroatoms. The molecule has 0 aromatic carbocycles. The van der Waals surface area contributed by atoms with Crippen molar-refractivity contribution >= 4 is 28.3 Å². The Hall–Kier alpha value is -1.56. The zero-order valence-corrected chi connectivity index (χ0v) is 11.3. The van der Waals surface area contributed by atoms with Gasteiger partial charge >= 0.3 is 6.03 Å². The smallest absolute Gasteiger partial charge is 0.320 e. The van der Waals surface area contributed by atoms with Crippen molar-refractivity contribution in [1.29, 1.82) is 0 Å². The highest BCUT2D eigenvalue weighted by Crippen LogP contribution is 2.38. The lowest BCUT2D eigenvalue weighted by atomic mass is 10.1. The van der Waals surface area contributed by atoms with Crippen molar-refractivity contribution in [3.8, 4) is 0 Å². The van der Waals surface area contributed by atoms with Gasteiger partial charge in [0.1, 0.15) is 5.00 Å². The lowest BCUT2D eigenvalue weighted by molar-refractivity contribution is 0.100. The number of thiophene rings is 1. The zero-order chi connectivity index (χ0) is 13.3. The van der Waals surface area contributed by atoms with Crippen molar-refractivity contribution < 1.29 is 9.59 Å². The molecule has 0 saturated carbocycles. The number of nitrogens with one attached hydrogen (secondary N) is 2. The summed E-state index contributed by atoms with van der Waals surface area (Å²) in [6, 6.07) is -0.249. The van der Waals surface area contributed by atoms with E-state index in [0.717, 1.165) is 24.8 Å². The molecule has 18 heavy (non-hydrogen) atoms. The van der Waals surface area contributed by atoms with E-state index in [9.17, 15) is 9.59 Å². The van der Waals surface area contributed by atoms with Crippen LogP contribution in [0.25, 0.3) is 0 Å². The molecular weight excluding hydrogens is 250 g/mol. The molecule has 98 valence electrons. The predicted molar refractivity (Wildman–Crippen MR) is 72.2 cm³/mol. The number of aryl methyl sites for hydroxylation is 1. The highest BCUT2D eigenvalue weighted by Gasteiger charge is 2.26. The summed E-state index contributed by atoms with van der Waals surface area (Å²) in [5.41, 5.74) is 6.92. The second-order valence-electron chi connectivity index (χ2n) is 4.68. The van der Waals surface area contributed by atoms with Crippen LogP contribution < -0.4 is 16.4 Å². The minimum atomic E-state index is -0.464. The Morgan fingerprint density at radius 1 is 1.33 bits per heavy atom. The molecular formula is C12H17N3O2S. The second kappa shape index (κ2) is 4.97. The monoisotopic (exact) mass is 267 g/mol. The molecule has 4 N–H and O–H groups in total.